The van der Waals surface area contributed by atoms with Crippen LogP contribution in [0, 0.1) is 0 Å². The van der Waals surface area contributed by atoms with Crippen LogP contribution in [0.2, 0.25) is 0 Å². The average Bonchev–Trinajstić information content (AvgIpc) is 3.39. The second-order valence-corrected chi connectivity index (χ2v) is 8.47. The maximum Gasteiger partial charge on any atom is 0.191 e. The van der Waals surface area contributed by atoms with Gasteiger partial charge in [0, 0.05) is 26.2 Å². The van der Waals surface area contributed by atoms with Crippen LogP contribution in [-0.4, -0.2) is 48.6 Å². The van der Waals surface area contributed by atoms with E-state index in [0.717, 1.165) is 53.9 Å². The minimum atomic E-state index is 0.476. The van der Waals surface area contributed by atoms with E-state index in [4.69, 9.17) is 4.42 Å². The molecular weight excluding hydrogens is 382 g/mol. The maximum atomic E-state index is 6.02. The van der Waals surface area contributed by atoms with Crippen molar-refractivity contribution in [2.75, 3.05) is 26.7 Å². The number of likely N-dealkylation sites (tertiary alicyclic amines) is 1. The summed E-state index contributed by atoms with van der Waals surface area (Å²) in [5.41, 5.74) is 1.01. The molecule has 6 nitrogen and oxygen atoms in total. The molecule has 0 radical (unpaired) electrons. The van der Waals surface area contributed by atoms with Crippen molar-refractivity contribution >= 4 is 27.5 Å². The fourth-order valence-electron chi connectivity index (χ4n) is 3.74. The van der Waals surface area contributed by atoms with Crippen molar-refractivity contribution in [1.82, 2.24) is 20.5 Å². The van der Waals surface area contributed by atoms with Gasteiger partial charge in [-0.2, -0.15) is 0 Å². The number of hydrogen-bond acceptors (Lipinski definition) is 5. The van der Waals surface area contributed by atoms with E-state index in [0.29, 0.717) is 12.6 Å². The number of guanidine groups is 1. The molecule has 1 aliphatic rings. The van der Waals surface area contributed by atoms with E-state index in [2.05, 4.69) is 38.5 Å². The lowest BCUT2D eigenvalue weighted by atomic mass is 10.1. The molecule has 0 spiro atoms. The zero-order valence-electron chi connectivity index (χ0n) is 17.1. The van der Waals surface area contributed by atoms with Crippen molar-refractivity contribution in [1.29, 1.82) is 0 Å². The van der Waals surface area contributed by atoms with E-state index >= 15 is 0 Å². The Kier molecular flexibility index (Phi) is 6.46. The zero-order valence-corrected chi connectivity index (χ0v) is 18.0. The van der Waals surface area contributed by atoms with E-state index in [1.165, 1.54) is 17.7 Å². The number of benzene rings is 1. The highest BCUT2D eigenvalue weighted by molar-refractivity contribution is 7.21. The van der Waals surface area contributed by atoms with E-state index < -0.39 is 0 Å². The lowest BCUT2D eigenvalue weighted by Crippen LogP contribution is -2.48. The van der Waals surface area contributed by atoms with Crippen LogP contribution in [0.4, 0.5) is 0 Å². The predicted octanol–water partition coefficient (Wildman–Crippen LogP) is 4.10. The highest BCUT2D eigenvalue weighted by Gasteiger charge is 2.19. The number of piperidine rings is 1. The Morgan fingerprint density at radius 1 is 1.24 bits per heavy atom. The molecule has 0 saturated carbocycles. The highest BCUT2D eigenvalue weighted by atomic mass is 32.1. The Morgan fingerprint density at radius 2 is 2.07 bits per heavy atom. The van der Waals surface area contributed by atoms with Crippen LogP contribution in [0.3, 0.4) is 0 Å². The van der Waals surface area contributed by atoms with E-state index in [-0.39, 0.29) is 0 Å². The van der Waals surface area contributed by atoms with Gasteiger partial charge in [-0.3, -0.25) is 4.99 Å². The number of thiazole rings is 1. The molecule has 154 valence electrons. The standard InChI is InChI=1S/C22H29N5OS/c1-3-12-27-13-10-16(11-14-27)25-22(23-2)24-15-17-8-9-19(28-17)21-26-18-6-4-5-7-20(18)29-21/h4-9,16H,3,10-15H2,1-2H3,(H2,23,24,25). The quantitative estimate of drug-likeness (QED) is 0.472. The SMILES string of the molecule is CCCN1CCC(NC(=NC)NCc2ccc(-c3nc4ccccc4s3)o2)CC1. The summed E-state index contributed by atoms with van der Waals surface area (Å²) in [6.07, 6.45) is 3.54. The second kappa shape index (κ2) is 9.41. The van der Waals surface area contributed by atoms with E-state index in [9.17, 15) is 0 Å². The molecule has 4 rings (SSSR count). The van der Waals surface area contributed by atoms with Gasteiger partial charge in [0.15, 0.2) is 16.7 Å². The summed E-state index contributed by atoms with van der Waals surface area (Å²) in [6, 6.07) is 12.6. The fourth-order valence-corrected chi connectivity index (χ4v) is 4.67. The number of aliphatic imine (C=N–C) groups is 1. The fraction of sp³-hybridized carbons (Fsp3) is 0.455. The normalized spacial score (nSPS) is 16.4. The first-order valence-corrected chi connectivity index (χ1v) is 11.2. The van der Waals surface area contributed by atoms with Gasteiger partial charge in [-0.15, -0.1) is 11.3 Å². The van der Waals surface area contributed by atoms with Crippen LogP contribution in [0.15, 0.2) is 45.8 Å². The van der Waals surface area contributed by atoms with Crippen LogP contribution < -0.4 is 10.6 Å². The van der Waals surface area contributed by atoms with Crippen molar-refractivity contribution in [2.24, 2.45) is 4.99 Å². The van der Waals surface area contributed by atoms with Gasteiger partial charge in [0.2, 0.25) is 0 Å². The summed E-state index contributed by atoms with van der Waals surface area (Å²) in [4.78, 5) is 11.6. The summed E-state index contributed by atoms with van der Waals surface area (Å²) in [5.74, 6) is 2.52. The first-order chi connectivity index (χ1) is 14.2. The first kappa shape index (κ1) is 19.9. The van der Waals surface area contributed by atoms with Gasteiger partial charge in [-0.05, 0) is 50.1 Å². The van der Waals surface area contributed by atoms with Crippen molar-refractivity contribution in [3.63, 3.8) is 0 Å². The minimum absolute atomic E-state index is 0.476. The molecule has 0 unspecified atom stereocenters. The van der Waals surface area contributed by atoms with Crippen LogP contribution in [0.5, 0.6) is 0 Å². The lowest BCUT2D eigenvalue weighted by molar-refractivity contribution is 0.206. The average molecular weight is 412 g/mol. The van der Waals surface area contributed by atoms with Crippen LogP contribution >= 0.6 is 11.3 Å². The summed E-state index contributed by atoms with van der Waals surface area (Å²) >= 11 is 1.65. The number of hydrogen-bond donors (Lipinski definition) is 2. The van der Waals surface area contributed by atoms with Gasteiger partial charge in [0.05, 0.1) is 16.8 Å². The van der Waals surface area contributed by atoms with E-state index in [1.807, 2.05) is 37.4 Å². The maximum absolute atomic E-state index is 6.02. The number of rotatable bonds is 6. The number of nitrogens with one attached hydrogen (secondary N) is 2. The number of fused-ring (bicyclic) bond motifs is 1. The number of nitrogens with zero attached hydrogens (tertiary/aromatic N) is 3. The topological polar surface area (TPSA) is 65.7 Å². The predicted molar refractivity (Wildman–Crippen MR) is 120 cm³/mol. The number of para-hydroxylation sites is 1. The Labute approximate surface area is 176 Å². The Bertz CT molecular complexity index is 922. The molecule has 0 bridgehead atoms. The molecule has 1 aliphatic heterocycles. The van der Waals surface area contributed by atoms with E-state index in [1.54, 1.807) is 11.3 Å². The van der Waals surface area contributed by atoms with Gasteiger partial charge in [0.25, 0.3) is 0 Å². The molecule has 3 heterocycles. The van der Waals surface area contributed by atoms with Crippen LogP contribution in [-0.2, 0) is 6.54 Å². The van der Waals surface area contributed by atoms with Crippen LogP contribution in [0.1, 0.15) is 31.9 Å². The summed E-state index contributed by atoms with van der Waals surface area (Å²) in [6.45, 7) is 6.36. The Hall–Kier alpha value is -2.38. The van der Waals surface area contributed by atoms with Gasteiger partial charge in [0.1, 0.15) is 5.76 Å². The molecule has 29 heavy (non-hydrogen) atoms. The van der Waals surface area contributed by atoms with Crippen molar-refractivity contribution in [2.45, 2.75) is 38.8 Å². The molecule has 0 aliphatic carbocycles. The second-order valence-electron chi connectivity index (χ2n) is 7.44. The summed E-state index contributed by atoms with van der Waals surface area (Å²) < 4.78 is 7.20. The third-order valence-corrected chi connectivity index (χ3v) is 6.34. The van der Waals surface area contributed by atoms with Crippen molar-refractivity contribution in [3.05, 3.63) is 42.2 Å². The Balaban J connectivity index is 1.30. The lowest BCUT2D eigenvalue weighted by Gasteiger charge is -2.32. The first-order valence-electron chi connectivity index (χ1n) is 10.4. The molecule has 1 saturated heterocycles. The summed E-state index contributed by atoms with van der Waals surface area (Å²) in [5, 5.41) is 7.85. The molecule has 0 amide bonds. The van der Waals surface area contributed by atoms with Crippen LogP contribution in [0.25, 0.3) is 21.0 Å². The molecule has 0 atom stereocenters. The molecule has 1 fully saturated rings. The van der Waals surface area contributed by atoms with Gasteiger partial charge < -0.3 is 20.0 Å². The third kappa shape index (κ3) is 4.97. The summed E-state index contributed by atoms with van der Waals surface area (Å²) in [7, 11) is 1.82. The minimum Gasteiger partial charge on any atom is -0.457 e. The molecule has 1 aromatic carbocycles. The largest absolute Gasteiger partial charge is 0.457 e. The number of aromatic nitrogens is 1. The molecule has 2 N–H and O–H groups in total. The van der Waals surface area contributed by atoms with Crippen molar-refractivity contribution in [3.8, 4) is 10.8 Å². The molecular formula is C22H29N5OS. The molecule has 2 aromatic heterocycles. The molecule has 7 heteroatoms. The van der Waals surface area contributed by atoms with Gasteiger partial charge in [-0.25, -0.2) is 4.98 Å². The smallest absolute Gasteiger partial charge is 0.191 e. The van der Waals surface area contributed by atoms with Crippen molar-refractivity contribution < 1.29 is 4.42 Å². The molecule has 3 aromatic rings. The number of furan rings is 1. The Morgan fingerprint density at radius 3 is 2.83 bits per heavy atom. The monoisotopic (exact) mass is 411 g/mol. The van der Waals surface area contributed by atoms with Gasteiger partial charge in [-0.1, -0.05) is 19.1 Å². The zero-order chi connectivity index (χ0) is 20.1. The third-order valence-electron chi connectivity index (χ3n) is 5.29. The highest BCUT2D eigenvalue weighted by Crippen LogP contribution is 2.31. The van der Waals surface area contributed by atoms with Gasteiger partial charge >= 0.3 is 0 Å².